The summed E-state index contributed by atoms with van der Waals surface area (Å²) in [6.07, 6.45) is 4.63. The van der Waals surface area contributed by atoms with Crippen LogP contribution in [0.1, 0.15) is 64.0 Å². The number of benzene rings is 3. The van der Waals surface area contributed by atoms with E-state index in [0.29, 0.717) is 16.8 Å². The lowest BCUT2D eigenvalue weighted by Gasteiger charge is -2.20. The van der Waals surface area contributed by atoms with Gasteiger partial charge in [0.05, 0.1) is 16.6 Å². The molecule has 0 unspecified atom stereocenters. The number of hydrogen-bond donors (Lipinski definition) is 2. The molecule has 3 aromatic rings. The van der Waals surface area contributed by atoms with Gasteiger partial charge in [-0.3, -0.25) is 9.52 Å². The van der Waals surface area contributed by atoms with E-state index in [-0.39, 0.29) is 16.8 Å². The lowest BCUT2D eigenvalue weighted by atomic mass is 9.89. The van der Waals surface area contributed by atoms with Gasteiger partial charge >= 0.3 is 0 Å². The van der Waals surface area contributed by atoms with Crippen molar-refractivity contribution in [1.29, 1.82) is 0 Å². The van der Waals surface area contributed by atoms with Crippen LogP contribution in [0.2, 0.25) is 0 Å². The van der Waals surface area contributed by atoms with E-state index in [4.69, 9.17) is 0 Å². The second-order valence-corrected chi connectivity index (χ2v) is 10.5. The minimum atomic E-state index is -3.84. The number of para-hydroxylation sites is 1. The zero-order chi connectivity index (χ0) is 23.6. The summed E-state index contributed by atoms with van der Waals surface area (Å²) in [5.74, 6) is -0.299. The second kappa shape index (κ2) is 9.40. The maximum absolute atomic E-state index is 13.1. The van der Waals surface area contributed by atoms with Crippen LogP contribution in [-0.2, 0) is 22.9 Å². The fraction of sp³-hybridized carbons (Fsp3) is 0.296. The van der Waals surface area contributed by atoms with Gasteiger partial charge in [-0.05, 0) is 92.5 Å². The Morgan fingerprint density at radius 3 is 2.36 bits per heavy atom. The molecule has 172 valence electrons. The number of fused-ring (bicyclic) bond motifs is 1. The standard InChI is InChI=1S/C27H30N2O3S/c1-18-8-4-7-11-25(18)29-33(31,32)26-17-24(13-12-19(26)2)27(30)28-20(3)22-15-14-21-9-5-6-10-23(21)16-22/h4,7-8,11-17,20,29H,5-6,9-10H2,1-3H3,(H,28,30)/t20-/m1/s1. The topological polar surface area (TPSA) is 75.3 Å². The van der Waals surface area contributed by atoms with Crippen molar-refractivity contribution in [3.8, 4) is 0 Å². The molecule has 0 saturated carbocycles. The highest BCUT2D eigenvalue weighted by Crippen LogP contribution is 2.26. The summed E-state index contributed by atoms with van der Waals surface area (Å²) in [6, 6.07) is 18.2. The Morgan fingerprint density at radius 1 is 0.879 bits per heavy atom. The van der Waals surface area contributed by atoms with Crippen molar-refractivity contribution in [3.63, 3.8) is 0 Å². The number of aryl methyl sites for hydroxylation is 4. The van der Waals surface area contributed by atoms with Crippen LogP contribution in [0.5, 0.6) is 0 Å². The van der Waals surface area contributed by atoms with Gasteiger partial charge in [0.15, 0.2) is 0 Å². The van der Waals surface area contributed by atoms with Crippen LogP contribution < -0.4 is 10.0 Å². The van der Waals surface area contributed by atoms with Gasteiger partial charge in [-0.25, -0.2) is 8.42 Å². The number of carbonyl (C=O) groups is 1. The third-order valence-corrected chi connectivity index (χ3v) is 7.86. The summed E-state index contributed by atoms with van der Waals surface area (Å²) in [6.45, 7) is 5.52. The Kier molecular flexibility index (Phi) is 6.56. The number of carbonyl (C=O) groups excluding carboxylic acids is 1. The van der Waals surface area contributed by atoms with E-state index < -0.39 is 10.0 Å². The van der Waals surface area contributed by atoms with Crippen molar-refractivity contribution in [2.45, 2.75) is 57.4 Å². The van der Waals surface area contributed by atoms with E-state index in [2.05, 4.69) is 28.2 Å². The average molecular weight is 463 g/mol. The van der Waals surface area contributed by atoms with Gasteiger partial charge in [0.2, 0.25) is 0 Å². The predicted molar refractivity (Wildman–Crippen MR) is 132 cm³/mol. The fourth-order valence-electron chi connectivity index (χ4n) is 4.30. The molecule has 0 fully saturated rings. The molecule has 6 heteroatoms. The number of nitrogens with one attached hydrogen (secondary N) is 2. The summed E-state index contributed by atoms with van der Waals surface area (Å²) in [4.78, 5) is 13.1. The lowest BCUT2D eigenvalue weighted by molar-refractivity contribution is 0.0939. The highest BCUT2D eigenvalue weighted by molar-refractivity contribution is 7.92. The molecule has 1 amide bonds. The van der Waals surface area contributed by atoms with E-state index in [1.165, 1.54) is 30.0 Å². The molecule has 0 radical (unpaired) electrons. The van der Waals surface area contributed by atoms with Gasteiger partial charge < -0.3 is 5.32 Å². The highest BCUT2D eigenvalue weighted by Gasteiger charge is 2.21. The normalized spacial score (nSPS) is 14.3. The molecule has 1 atom stereocenters. The van der Waals surface area contributed by atoms with E-state index in [1.54, 1.807) is 31.2 Å². The number of anilines is 1. The third kappa shape index (κ3) is 5.11. The number of hydrogen-bond acceptors (Lipinski definition) is 3. The van der Waals surface area contributed by atoms with Crippen LogP contribution in [0.25, 0.3) is 0 Å². The van der Waals surface area contributed by atoms with Crippen molar-refractivity contribution in [1.82, 2.24) is 5.32 Å². The largest absolute Gasteiger partial charge is 0.346 e. The minimum Gasteiger partial charge on any atom is -0.346 e. The Hall–Kier alpha value is -3.12. The molecule has 0 heterocycles. The first kappa shape index (κ1) is 23.1. The molecule has 0 bridgehead atoms. The molecular formula is C27H30N2O3S. The van der Waals surface area contributed by atoms with Gasteiger partial charge in [0, 0.05) is 5.56 Å². The van der Waals surface area contributed by atoms with Crippen molar-refractivity contribution in [3.05, 3.63) is 94.0 Å². The SMILES string of the molecule is Cc1ccccc1NS(=O)(=O)c1cc(C(=O)N[C@H](C)c2ccc3c(c2)CCCC3)ccc1C. The van der Waals surface area contributed by atoms with Crippen LogP contribution in [0.3, 0.4) is 0 Å². The highest BCUT2D eigenvalue weighted by atomic mass is 32.2. The van der Waals surface area contributed by atoms with Gasteiger partial charge in [-0.1, -0.05) is 42.5 Å². The smallest absolute Gasteiger partial charge is 0.262 e. The molecule has 5 nitrogen and oxygen atoms in total. The quantitative estimate of drug-likeness (QED) is 0.510. The maximum atomic E-state index is 13.1. The van der Waals surface area contributed by atoms with E-state index in [1.807, 2.05) is 26.0 Å². The minimum absolute atomic E-state index is 0.0971. The molecule has 0 aliphatic heterocycles. The van der Waals surface area contributed by atoms with E-state index in [0.717, 1.165) is 24.0 Å². The van der Waals surface area contributed by atoms with Crippen LogP contribution in [0, 0.1) is 13.8 Å². The fourth-order valence-corrected chi connectivity index (χ4v) is 5.71. The van der Waals surface area contributed by atoms with Crippen LogP contribution in [0.15, 0.2) is 65.6 Å². The first-order chi connectivity index (χ1) is 15.7. The molecule has 0 aromatic heterocycles. The van der Waals surface area contributed by atoms with E-state index >= 15 is 0 Å². The molecular weight excluding hydrogens is 432 g/mol. The molecule has 0 saturated heterocycles. The first-order valence-corrected chi connectivity index (χ1v) is 12.8. The molecule has 0 spiro atoms. The Labute approximate surface area is 196 Å². The lowest BCUT2D eigenvalue weighted by Crippen LogP contribution is -2.27. The van der Waals surface area contributed by atoms with Crippen molar-refractivity contribution in [2.24, 2.45) is 0 Å². The van der Waals surface area contributed by atoms with Crippen molar-refractivity contribution < 1.29 is 13.2 Å². The Morgan fingerprint density at radius 2 is 1.61 bits per heavy atom. The van der Waals surface area contributed by atoms with Crippen molar-refractivity contribution >= 4 is 21.6 Å². The first-order valence-electron chi connectivity index (χ1n) is 11.4. The Bertz CT molecular complexity index is 1300. The number of amides is 1. The zero-order valence-corrected chi connectivity index (χ0v) is 20.1. The zero-order valence-electron chi connectivity index (χ0n) is 19.3. The Balaban J connectivity index is 1.54. The van der Waals surface area contributed by atoms with Gasteiger partial charge in [-0.15, -0.1) is 0 Å². The molecule has 1 aliphatic rings. The number of sulfonamides is 1. The predicted octanol–water partition coefficient (Wildman–Crippen LogP) is 5.47. The van der Waals surface area contributed by atoms with Crippen LogP contribution in [-0.4, -0.2) is 14.3 Å². The van der Waals surface area contributed by atoms with Gasteiger partial charge in [-0.2, -0.15) is 0 Å². The monoisotopic (exact) mass is 462 g/mol. The summed E-state index contributed by atoms with van der Waals surface area (Å²) in [5, 5.41) is 3.02. The summed E-state index contributed by atoms with van der Waals surface area (Å²) in [7, 11) is -3.84. The molecule has 3 aromatic carbocycles. The molecule has 4 rings (SSSR count). The van der Waals surface area contributed by atoms with Crippen LogP contribution in [0.4, 0.5) is 5.69 Å². The average Bonchev–Trinajstić information content (AvgIpc) is 2.80. The molecule has 1 aliphatic carbocycles. The maximum Gasteiger partial charge on any atom is 0.262 e. The van der Waals surface area contributed by atoms with Crippen molar-refractivity contribution in [2.75, 3.05) is 4.72 Å². The summed E-state index contributed by atoms with van der Waals surface area (Å²) >= 11 is 0. The van der Waals surface area contributed by atoms with Gasteiger partial charge in [0.1, 0.15) is 0 Å². The second-order valence-electron chi connectivity index (χ2n) is 8.83. The number of rotatable bonds is 6. The third-order valence-electron chi connectivity index (χ3n) is 6.35. The summed E-state index contributed by atoms with van der Waals surface area (Å²) < 4.78 is 28.8. The molecule has 2 N–H and O–H groups in total. The van der Waals surface area contributed by atoms with Crippen LogP contribution >= 0.6 is 0 Å². The molecule has 33 heavy (non-hydrogen) atoms. The summed E-state index contributed by atoms with van der Waals surface area (Å²) in [5.41, 5.74) is 6.07. The van der Waals surface area contributed by atoms with Gasteiger partial charge in [0.25, 0.3) is 15.9 Å². The van der Waals surface area contributed by atoms with E-state index in [9.17, 15) is 13.2 Å².